The van der Waals surface area contributed by atoms with Crippen LogP contribution in [0.25, 0.3) is 0 Å². The molecule has 0 spiro atoms. The monoisotopic (exact) mass is 341 g/mol. The minimum atomic E-state index is -0.111. The fourth-order valence-corrected chi connectivity index (χ4v) is 3.53. The molecule has 0 saturated carbocycles. The van der Waals surface area contributed by atoms with Gasteiger partial charge in [-0.15, -0.1) is 0 Å². The molecule has 25 heavy (non-hydrogen) atoms. The predicted octanol–water partition coefficient (Wildman–Crippen LogP) is 1.17. The smallest absolute Gasteiger partial charge is 0.270 e. The van der Waals surface area contributed by atoms with Crippen LogP contribution in [0.15, 0.2) is 24.5 Å². The van der Waals surface area contributed by atoms with E-state index in [2.05, 4.69) is 24.8 Å². The summed E-state index contributed by atoms with van der Waals surface area (Å²) in [6.45, 7) is 5.90. The van der Waals surface area contributed by atoms with Crippen LogP contribution in [0.3, 0.4) is 0 Å². The van der Waals surface area contributed by atoms with E-state index in [-0.39, 0.29) is 11.9 Å². The van der Waals surface area contributed by atoms with Crippen molar-refractivity contribution in [3.05, 3.63) is 41.7 Å². The van der Waals surface area contributed by atoms with Gasteiger partial charge >= 0.3 is 0 Å². The maximum atomic E-state index is 12.6. The quantitative estimate of drug-likeness (QED) is 0.907. The van der Waals surface area contributed by atoms with Gasteiger partial charge in [-0.3, -0.25) is 9.78 Å². The van der Waals surface area contributed by atoms with Gasteiger partial charge in [0.2, 0.25) is 0 Å². The first-order valence-electron chi connectivity index (χ1n) is 8.81. The summed E-state index contributed by atoms with van der Waals surface area (Å²) in [4.78, 5) is 23.6. The van der Waals surface area contributed by atoms with Gasteiger partial charge in [-0.2, -0.15) is 0 Å². The van der Waals surface area contributed by atoms with E-state index in [4.69, 9.17) is 4.74 Å². The lowest BCUT2D eigenvalue weighted by molar-refractivity contribution is 0.0922. The number of aromatic nitrogens is 3. The zero-order chi connectivity index (χ0) is 17.2. The summed E-state index contributed by atoms with van der Waals surface area (Å²) in [6.07, 6.45) is 5.55. The van der Waals surface area contributed by atoms with Crippen LogP contribution in [0.5, 0.6) is 0 Å². The van der Waals surface area contributed by atoms with Crippen molar-refractivity contribution in [1.29, 1.82) is 0 Å². The number of hydrogen-bond donors (Lipinski definition) is 1. The average molecular weight is 341 g/mol. The Kier molecular flexibility index (Phi) is 4.40. The molecule has 1 amide bonds. The molecule has 2 aromatic heterocycles. The van der Waals surface area contributed by atoms with Gasteiger partial charge in [0.1, 0.15) is 11.5 Å². The van der Waals surface area contributed by atoms with Crippen LogP contribution in [0, 0.1) is 6.92 Å². The zero-order valence-electron chi connectivity index (χ0n) is 14.4. The Hall–Kier alpha value is -2.41. The van der Waals surface area contributed by atoms with Crippen molar-refractivity contribution in [3.8, 4) is 0 Å². The van der Waals surface area contributed by atoms with Crippen molar-refractivity contribution in [2.24, 2.45) is 0 Å². The maximum absolute atomic E-state index is 12.6. The molecule has 0 bridgehead atoms. The molecule has 0 unspecified atom stereocenters. The van der Waals surface area contributed by atoms with Crippen molar-refractivity contribution in [3.63, 3.8) is 0 Å². The second-order valence-electron chi connectivity index (χ2n) is 6.66. The zero-order valence-corrected chi connectivity index (χ0v) is 14.4. The molecule has 2 aromatic rings. The maximum Gasteiger partial charge on any atom is 0.270 e. The molecule has 7 heteroatoms. The summed E-state index contributed by atoms with van der Waals surface area (Å²) in [5, 5.41) is 3.12. The van der Waals surface area contributed by atoms with E-state index < -0.39 is 0 Å². The van der Waals surface area contributed by atoms with E-state index in [0.29, 0.717) is 5.69 Å². The van der Waals surface area contributed by atoms with Gasteiger partial charge in [-0.05, 0) is 25.5 Å². The number of ether oxygens (including phenoxy) is 1. The van der Waals surface area contributed by atoms with Crippen molar-refractivity contribution >= 4 is 11.6 Å². The van der Waals surface area contributed by atoms with E-state index >= 15 is 0 Å². The van der Waals surface area contributed by atoms with Crippen LogP contribution in [-0.2, 0) is 17.7 Å². The van der Waals surface area contributed by atoms with Gasteiger partial charge in [0, 0.05) is 50.2 Å². The van der Waals surface area contributed by atoms with E-state index in [1.807, 2.05) is 25.3 Å². The van der Waals surface area contributed by atoms with Crippen LogP contribution >= 0.6 is 0 Å². The number of carbonyl (C=O) groups excluding carboxylic acids is 1. The molecule has 1 fully saturated rings. The number of carbonyl (C=O) groups is 1. The van der Waals surface area contributed by atoms with Crippen LogP contribution in [0.2, 0.25) is 0 Å². The van der Waals surface area contributed by atoms with E-state index in [9.17, 15) is 4.79 Å². The second kappa shape index (κ2) is 6.84. The predicted molar refractivity (Wildman–Crippen MR) is 93.8 cm³/mol. The molecule has 0 aromatic carbocycles. The molecule has 2 aliphatic heterocycles. The van der Waals surface area contributed by atoms with Gasteiger partial charge in [0.25, 0.3) is 5.91 Å². The highest BCUT2D eigenvalue weighted by molar-refractivity contribution is 5.93. The molecular formula is C18H23N5O2. The van der Waals surface area contributed by atoms with Gasteiger partial charge in [0.15, 0.2) is 0 Å². The Labute approximate surface area is 147 Å². The molecule has 0 radical (unpaired) electrons. The summed E-state index contributed by atoms with van der Waals surface area (Å²) < 4.78 is 7.53. The minimum Gasteiger partial charge on any atom is -0.378 e. The van der Waals surface area contributed by atoms with Crippen LogP contribution < -0.4 is 10.2 Å². The SMILES string of the molecule is Cc1cn2c(n1)CC[C@H](NC(=O)c1cc(N3CCOCC3)ccn1)C2. The molecule has 1 saturated heterocycles. The lowest BCUT2D eigenvalue weighted by Crippen LogP contribution is -2.41. The van der Waals surface area contributed by atoms with Crippen molar-refractivity contribution in [2.45, 2.75) is 32.4 Å². The first-order chi connectivity index (χ1) is 12.2. The fraction of sp³-hybridized carbons (Fsp3) is 0.500. The highest BCUT2D eigenvalue weighted by atomic mass is 16.5. The molecule has 132 valence electrons. The number of anilines is 1. The van der Waals surface area contributed by atoms with Crippen molar-refractivity contribution in [2.75, 3.05) is 31.2 Å². The molecule has 7 nitrogen and oxygen atoms in total. The highest BCUT2D eigenvalue weighted by Gasteiger charge is 2.22. The standard InChI is InChI=1S/C18H23N5O2/c1-13-11-23-12-14(2-3-17(23)20-13)21-18(24)16-10-15(4-5-19-16)22-6-8-25-9-7-22/h4-5,10-11,14H,2-3,6-9,12H2,1H3,(H,21,24)/t14-/m0/s1. The number of amides is 1. The minimum absolute atomic E-state index is 0.111. The third-order valence-corrected chi connectivity index (χ3v) is 4.80. The second-order valence-corrected chi connectivity index (χ2v) is 6.66. The number of hydrogen-bond acceptors (Lipinski definition) is 5. The molecule has 4 rings (SSSR count). The number of nitrogens with one attached hydrogen (secondary N) is 1. The Balaban J connectivity index is 1.43. The number of nitrogens with zero attached hydrogens (tertiary/aromatic N) is 4. The first kappa shape index (κ1) is 16.1. The first-order valence-corrected chi connectivity index (χ1v) is 8.81. The number of rotatable bonds is 3. The molecular weight excluding hydrogens is 318 g/mol. The Bertz CT molecular complexity index is 767. The largest absolute Gasteiger partial charge is 0.378 e. The van der Waals surface area contributed by atoms with Gasteiger partial charge in [-0.25, -0.2) is 4.98 Å². The molecule has 2 aliphatic rings. The third-order valence-electron chi connectivity index (χ3n) is 4.80. The fourth-order valence-electron chi connectivity index (χ4n) is 3.53. The normalized spacial score (nSPS) is 20.2. The topological polar surface area (TPSA) is 72.3 Å². The Morgan fingerprint density at radius 3 is 3.04 bits per heavy atom. The lowest BCUT2D eigenvalue weighted by atomic mass is 10.1. The number of pyridine rings is 1. The van der Waals surface area contributed by atoms with E-state index in [1.165, 1.54) is 0 Å². The van der Waals surface area contributed by atoms with Crippen LogP contribution in [0.1, 0.15) is 28.4 Å². The molecule has 4 heterocycles. The molecule has 1 atom stereocenters. The van der Waals surface area contributed by atoms with Crippen LogP contribution in [0.4, 0.5) is 5.69 Å². The summed E-state index contributed by atoms with van der Waals surface area (Å²) in [6, 6.07) is 3.93. The van der Waals surface area contributed by atoms with E-state index in [1.54, 1.807) is 6.20 Å². The Morgan fingerprint density at radius 2 is 2.20 bits per heavy atom. The number of aryl methyl sites for hydroxylation is 2. The number of fused-ring (bicyclic) bond motifs is 1. The van der Waals surface area contributed by atoms with Crippen LogP contribution in [-0.4, -0.2) is 52.8 Å². The lowest BCUT2D eigenvalue weighted by Gasteiger charge is -2.29. The van der Waals surface area contributed by atoms with Crippen molar-refractivity contribution in [1.82, 2.24) is 19.9 Å². The third kappa shape index (κ3) is 3.51. The average Bonchev–Trinajstić information content (AvgIpc) is 3.02. The number of morpholine rings is 1. The summed E-state index contributed by atoms with van der Waals surface area (Å²) in [7, 11) is 0. The highest BCUT2D eigenvalue weighted by Crippen LogP contribution is 2.18. The van der Waals surface area contributed by atoms with Gasteiger partial charge < -0.3 is 19.5 Å². The van der Waals surface area contributed by atoms with Crippen molar-refractivity contribution < 1.29 is 9.53 Å². The number of imidazole rings is 1. The van der Waals surface area contributed by atoms with Gasteiger partial charge in [0.05, 0.1) is 18.9 Å². The summed E-state index contributed by atoms with van der Waals surface area (Å²) >= 11 is 0. The molecule has 1 N–H and O–H groups in total. The summed E-state index contributed by atoms with van der Waals surface area (Å²) in [5.74, 6) is 0.996. The Morgan fingerprint density at radius 1 is 1.36 bits per heavy atom. The van der Waals surface area contributed by atoms with Gasteiger partial charge in [-0.1, -0.05) is 0 Å². The summed E-state index contributed by atoms with van der Waals surface area (Å²) in [5.41, 5.74) is 2.53. The van der Waals surface area contributed by atoms with E-state index in [0.717, 1.165) is 62.9 Å². The molecule has 0 aliphatic carbocycles.